The molecule has 1 aromatic carbocycles. The number of rotatable bonds is 5. The van der Waals surface area contributed by atoms with Crippen molar-refractivity contribution in [3.8, 4) is 11.5 Å². The Balaban J connectivity index is 2.06. The molecule has 2 rings (SSSR count). The van der Waals surface area contributed by atoms with Crippen LogP contribution in [0, 0.1) is 0 Å². The van der Waals surface area contributed by atoms with Crippen LogP contribution in [-0.4, -0.2) is 16.8 Å². The molecule has 0 spiro atoms. The number of ether oxygens (including phenoxy) is 1. The number of benzene rings is 1. The largest absolute Gasteiger partial charge is 0.454 e. The summed E-state index contributed by atoms with van der Waals surface area (Å²) in [4.78, 5) is 0. The monoisotopic (exact) mass is 245 g/mol. The number of nitrogens with one attached hydrogen (secondary N) is 1. The molecule has 0 saturated carbocycles. The zero-order valence-corrected chi connectivity index (χ0v) is 11.1. The van der Waals surface area contributed by atoms with Crippen LogP contribution in [-0.2, 0) is 6.54 Å². The van der Waals surface area contributed by atoms with Crippen LogP contribution in [0.4, 0.5) is 0 Å². The molecule has 1 unspecified atom stereocenters. The smallest absolute Gasteiger partial charge is 0.165 e. The van der Waals surface area contributed by atoms with Crippen LogP contribution in [0.2, 0.25) is 0 Å². The highest BCUT2D eigenvalue weighted by molar-refractivity contribution is 5.32. The van der Waals surface area contributed by atoms with Gasteiger partial charge in [0.15, 0.2) is 5.75 Å². The average Bonchev–Trinajstić information content (AvgIpc) is 2.86. The summed E-state index contributed by atoms with van der Waals surface area (Å²) in [5.41, 5.74) is 1.24. The Morgan fingerprint density at radius 1 is 1.28 bits per heavy atom. The lowest BCUT2D eigenvalue weighted by Crippen LogP contribution is -2.11. The summed E-state index contributed by atoms with van der Waals surface area (Å²) in [5, 5.41) is 7.38. The number of nitrogens with zero attached hydrogens (tertiary/aromatic N) is 2. The van der Waals surface area contributed by atoms with Gasteiger partial charge in [-0.25, -0.2) is 0 Å². The Bertz CT molecular complexity index is 490. The minimum atomic E-state index is 0.349. The molecule has 1 atom stereocenters. The van der Waals surface area contributed by atoms with E-state index < -0.39 is 0 Å². The molecule has 0 aliphatic heterocycles. The van der Waals surface area contributed by atoms with Crippen LogP contribution in [0.15, 0.2) is 36.7 Å². The van der Waals surface area contributed by atoms with Gasteiger partial charge in [0.1, 0.15) is 5.75 Å². The molecule has 0 saturated heterocycles. The van der Waals surface area contributed by atoms with Gasteiger partial charge in [0.2, 0.25) is 0 Å². The molecule has 18 heavy (non-hydrogen) atoms. The fraction of sp³-hybridized carbons (Fsp3) is 0.357. The maximum Gasteiger partial charge on any atom is 0.165 e. The van der Waals surface area contributed by atoms with E-state index >= 15 is 0 Å². The SMILES string of the molecule is CCn1cc(Oc2ccc(C(C)NC)cc2)cn1. The number of hydrogen-bond acceptors (Lipinski definition) is 3. The summed E-state index contributed by atoms with van der Waals surface area (Å²) in [6.45, 7) is 5.02. The van der Waals surface area contributed by atoms with Gasteiger partial charge in [-0.1, -0.05) is 12.1 Å². The Kier molecular flexibility index (Phi) is 3.99. The van der Waals surface area contributed by atoms with Gasteiger partial charge >= 0.3 is 0 Å². The summed E-state index contributed by atoms with van der Waals surface area (Å²) in [6.07, 6.45) is 3.62. The average molecular weight is 245 g/mol. The van der Waals surface area contributed by atoms with Crippen molar-refractivity contribution in [2.24, 2.45) is 0 Å². The fourth-order valence-electron chi connectivity index (χ4n) is 1.70. The molecule has 4 nitrogen and oxygen atoms in total. The zero-order valence-electron chi connectivity index (χ0n) is 11.1. The topological polar surface area (TPSA) is 39.1 Å². The van der Waals surface area contributed by atoms with Crippen molar-refractivity contribution in [3.63, 3.8) is 0 Å². The van der Waals surface area contributed by atoms with E-state index in [1.807, 2.05) is 37.0 Å². The van der Waals surface area contributed by atoms with Crippen molar-refractivity contribution in [1.82, 2.24) is 15.1 Å². The molecule has 0 aliphatic rings. The van der Waals surface area contributed by atoms with E-state index in [1.54, 1.807) is 6.20 Å². The molecular weight excluding hydrogens is 226 g/mol. The van der Waals surface area contributed by atoms with Gasteiger partial charge in [0, 0.05) is 12.6 Å². The van der Waals surface area contributed by atoms with E-state index in [-0.39, 0.29) is 0 Å². The lowest BCUT2D eigenvalue weighted by molar-refractivity contribution is 0.480. The molecule has 0 bridgehead atoms. The van der Waals surface area contributed by atoms with Crippen molar-refractivity contribution in [2.75, 3.05) is 7.05 Å². The van der Waals surface area contributed by atoms with Gasteiger partial charge in [-0.2, -0.15) is 5.10 Å². The molecule has 96 valence electrons. The minimum Gasteiger partial charge on any atom is -0.454 e. The standard InChI is InChI=1S/C14H19N3O/c1-4-17-10-14(9-16-17)18-13-7-5-12(6-8-13)11(2)15-3/h5-11,15H,4H2,1-3H3. The second kappa shape index (κ2) is 5.69. The predicted molar refractivity (Wildman–Crippen MR) is 71.9 cm³/mol. The molecule has 4 heteroatoms. The van der Waals surface area contributed by atoms with Gasteiger partial charge in [-0.15, -0.1) is 0 Å². The zero-order chi connectivity index (χ0) is 13.0. The number of aryl methyl sites for hydroxylation is 1. The van der Waals surface area contributed by atoms with Gasteiger partial charge in [0.05, 0.1) is 12.4 Å². The van der Waals surface area contributed by atoms with Crippen LogP contribution in [0.3, 0.4) is 0 Å². The predicted octanol–water partition coefficient (Wildman–Crippen LogP) is 2.98. The lowest BCUT2D eigenvalue weighted by atomic mass is 10.1. The third-order valence-electron chi connectivity index (χ3n) is 2.98. The Morgan fingerprint density at radius 2 is 2.00 bits per heavy atom. The maximum absolute atomic E-state index is 5.73. The first-order valence-electron chi connectivity index (χ1n) is 6.20. The van der Waals surface area contributed by atoms with E-state index in [0.717, 1.165) is 18.0 Å². The Morgan fingerprint density at radius 3 is 2.56 bits per heavy atom. The molecule has 0 aliphatic carbocycles. The van der Waals surface area contributed by atoms with Crippen LogP contribution in [0.1, 0.15) is 25.5 Å². The van der Waals surface area contributed by atoms with Gasteiger partial charge in [-0.3, -0.25) is 4.68 Å². The van der Waals surface area contributed by atoms with Gasteiger partial charge in [-0.05, 0) is 38.6 Å². The molecule has 2 aromatic rings. The highest BCUT2D eigenvalue weighted by atomic mass is 16.5. The molecule has 0 fully saturated rings. The first-order chi connectivity index (χ1) is 8.72. The molecule has 1 N–H and O–H groups in total. The molecule has 1 aromatic heterocycles. The van der Waals surface area contributed by atoms with E-state index in [4.69, 9.17) is 4.74 Å². The highest BCUT2D eigenvalue weighted by Gasteiger charge is 2.04. The molecule has 1 heterocycles. The van der Waals surface area contributed by atoms with E-state index in [0.29, 0.717) is 6.04 Å². The summed E-state index contributed by atoms with van der Waals surface area (Å²) in [7, 11) is 1.95. The minimum absolute atomic E-state index is 0.349. The van der Waals surface area contributed by atoms with E-state index in [9.17, 15) is 0 Å². The Labute approximate surface area is 108 Å². The summed E-state index contributed by atoms with van der Waals surface area (Å²) < 4.78 is 7.57. The van der Waals surface area contributed by atoms with E-state index in [1.165, 1.54) is 5.56 Å². The quantitative estimate of drug-likeness (QED) is 0.880. The molecule has 0 radical (unpaired) electrons. The second-order valence-corrected chi connectivity index (χ2v) is 4.21. The first kappa shape index (κ1) is 12.6. The summed E-state index contributed by atoms with van der Waals surface area (Å²) in [5.74, 6) is 1.60. The Hall–Kier alpha value is -1.81. The third-order valence-corrected chi connectivity index (χ3v) is 2.98. The maximum atomic E-state index is 5.73. The van der Waals surface area contributed by atoms with Crippen LogP contribution in [0.25, 0.3) is 0 Å². The number of aromatic nitrogens is 2. The van der Waals surface area contributed by atoms with Crippen molar-refractivity contribution in [1.29, 1.82) is 0 Å². The summed E-state index contributed by atoms with van der Waals surface area (Å²) in [6, 6.07) is 8.45. The van der Waals surface area contributed by atoms with Gasteiger partial charge in [0.25, 0.3) is 0 Å². The highest BCUT2D eigenvalue weighted by Crippen LogP contribution is 2.22. The van der Waals surface area contributed by atoms with Crippen molar-refractivity contribution >= 4 is 0 Å². The number of hydrogen-bond donors (Lipinski definition) is 1. The van der Waals surface area contributed by atoms with E-state index in [2.05, 4.69) is 29.5 Å². The summed E-state index contributed by atoms with van der Waals surface area (Å²) >= 11 is 0. The first-order valence-corrected chi connectivity index (χ1v) is 6.20. The molecule has 0 amide bonds. The van der Waals surface area contributed by atoms with Crippen molar-refractivity contribution in [3.05, 3.63) is 42.2 Å². The molecular formula is C14H19N3O. The fourth-order valence-corrected chi connectivity index (χ4v) is 1.70. The van der Waals surface area contributed by atoms with Crippen LogP contribution in [0.5, 0.6) is 11.5 Å². The van der Waals surface area contributed by atoms with Gasteiger partial charge < -0.3 is 10.1 Å². The van der Waals surface area contributed by atoms with Crippen molar-refractivity contribution in [2.45, 2.75) is 26.4 Å². The lowest BCUT2D eigenvalue weighted by Gasteiger charge is -2.11. The normalized spacial score (nSPS) is 12.4. The van der Waals surface area contributed by atoms with Crippen molar-refractivity contribution < 1.29 is 4.74 Å². The third kappa shape index (κ3) is 2.90. The second-order valence-electron chi connectivity index (χ2n) is 4.21. The van der Waals surface area contributed by atoms with Crippen LogP contribution >= 0.6 is 0 Å². The van der Waals surface area contributed by atoms with Crippen LogP contribution < -0.4 is 10.1 Å².